The number of nitro benzene ring substituents is 1. The molecule has 3 fully saturated rings. The molecule has 2 aliphatic heterocycles. The van der Waals surface area contributed by atoms with Crippen LogP contribution in [-0.4, -0.2) is 51.4 Å². The van der Waals surface area contributed by atoms with Crippen molar-refractivity contribution in [2.75, 3.05) is 7.11 Å². The average Bonchev–Trinajstić information content (AvgIpc) is 3.38. The molecule has 2 aromatic carbocycles. The van der Waals surface area contributed by atoms with Gasteiger partial charge in [-0.15, -0.1) is 0 Å². The maximum absolute atomic E-state index is 14.0. The van der Waals surface area contributed by atoms with E-state index in [2.05, 4.69) is 21.2 Å². The number of carboxylic acid groups (broad SMARTS) is 1. The van der Waals surface area contributed by atoms with Crippen molar-refractivity contribution in [2.45, 2.75) is 56.1 Å². The molecule has 4 atom stereocenters. The highest BCUT2D eigenvalue weighted by atomic mass is 79.9. The number of nitrogens with zero attached hydrogens (tertiary/aromatic N) is 2. The van der Waals surface area contributed by atoms with E-state index in [1.165, 1.54) is 36.3 Å². The van der Waals surface area contributed by atoms with Crippen LogP contribution >= 0.6 is 15.9 Å². The van der Waals surface area contributed by atoms with Gasteiger partial charge >= 0.3 is 5.97 Å². The van der Waals surface area contributed by atoms with Gasteiger partial charge in [0.1, 0.15) is 11.3 Å². The lowest BCUT2D eigenvalue weighted by atomic mass is 9.76. The number of hydrogen-bond donors (Lipinski definition) is 2. The van der Waals surface area contributed by atoms with Gasteiger partial charge < -0.3 is 9.84 Å². The number of carboxylic acids is 1. The molecule has 5 rings (SSSR count). The summed E-state index contributed by atoms with van der Waals surface area (Å²) >= 11 is 3.46. The summed E-state index contributed by atoms with van der Waals surface area (Å²) < 4.78 is 6.29. The van der Waals surface area contributed by atoms with E-state index >= 15 is 0 Å². The molecule has 3 aliphatic rings. The van der Waals surface area contributed by atoms with Crippen LogP contribution in [0.5, 0.6) is 5.75 Å². The van der Waals surface area contributed by atoms with Gasteiger partial charge in [0.25, 0.3) is 5.69 Å². The summed E-state index contributed by atoms with van der Waals surface area (Å²) in [6.07, 6.45) is 4.13. The fourth-order valence-electron chi connectivity index (χ4n) is 6.43. The number of amides is 2. The number of imide groups is 1. The summed E-state index contributed by atoms with van der Waals surface area (Å²) in [4.78, 5) is 53.0. The van der Waals surface area contributed by atoms with Crippen LogP contribution in [0, 0.1) is 22.0 Å². The molecule has 1 aliphatic carbocycles. The van der Waals surface area contributed by atoms with E-state index in [1.807, 2.05) is 0 Å². The van der Waals surface area contributed by atoms with Crippen LogP contribution in [0.2, 0.25) is 0 Å². The molecule has 38 heavy (non-hydrogen) atoms. The molecule has 2 aromatic rings. The molecule has 2 heterocycles. The number of carbonyl (C=O) groups is 3. The number of nitrogens with one attached hydrogen (secondary N) is 1. The number of nitro groups is 1. The second-order valence-electron chi connectivity index (χ2n) is 10.2. The zero-order chi connectivity index (χ0) is 27.2. The lowest BCUT2D eigenvalue weighted by molar-refractivity contribution is -0.384. The van der Waals surface area contributed by atoms with Gasteiger partial charge in [0.2, 0.25) is 11.8 Å². The average molecular weight is 586 g/mol. The fraction of sp³-hybridized carbons (Fsp3) is 0.444. The molecule has 0 aromatic heterocycles. The van der Waals surface area contributed by atoms with Gasteiger partial charge in [-0.1, -0.05) is 47.3 Å². The highest BCUT2D eigenvalue weighted by molar-refractivity contribution is 9.10. The van der Waals surface area contributed by atoms with Gasteiger partial charge in [0.05, 0.1) is 23.9 Å². The number of methoxy groups -OCH3 is 1. The van der Waals surface area contributed by atoms with E-state index in [9.17, 15) is 29.6 Å². The third-order valence-electron chi connectivity index (χ3n) is 8.17. The molecular formula is C27H28BrN3O7. The highest BCUT2D eigenvalue weighted by Gasteiger charge is 2.69. The van der Waals surface area contributed by atoms with Crippen LogP contribution in [0.15, 0.2) is 46.9 Å². The van der Waals surface area contributed by atoms with E-state index < -0.39 is 40.2 Å². The maximum Gasteiger partial charge on any atom is 0.325 e. The summed E-state index contributed by atoms with van der Waals surface area (Å²) in [5, 5.41) is 25.0. The monoisotopic (exact) mass is 585 g/mol. The van der Waals surface area contributed by atoms with Gasteiger partial charge in [0, 0.05) is 40.7 Å². The smallest absolute Gasteiger partial charge is 0.325 e. The molecule has 0 bridgehead atoms. The Morgan fingerprint density at radius 3 is 2.45 bits per heavy atom. The van der Waals surface area contributed by atoms with Crippen LogP contribution < -0.4 is 10.1 Å². The number of likely N-dealkylation sites (tertiary alicyclic amines) is 1. The molecule has 10 nitrogen and oxygen atoms in total. The van der Waals surface area contributed by atoms with Crippen molar-refractivity contribution in [3.8, 4) is 5.75 Å². The topological polar surface area (TPSA) is 139 Å². The maximum atomic E-state index is 14.0. The predicted octanol–water partition coefficient (Wildman–Crippen LogP) is 4.01. The van der Waals surface area contributed by atoms with Crippen molar-refractivity contribution in [2.24, 2.45) is 11.8 Å². The van der Waals surface area contributed by atoms with E-state index in [1.54, 1.807) is 18.2 Å². The first-order valence-electron chi connectivity index (χ1n) is 12.6. The molecule has 11 heteroatoms. The van der Waals surface area contributed by atoms with Crippen molar-refractivity contribution >= 4 is 39.4 Å². The Hall–Kier alpha value is -3.31. The molecule has 2 amide bonds. The minimum atomic E-state index is -1.81. The standard InChI is InChI=1S/C27H28BrN3O7/c1-38-20-12-9-16(28)13-19(20)23-21-22(25(33)30(24(21)32)17-5-3-2-4-6-17)27(29-23,26(34)35)14-15-7-10-18(11-8-15)31(36)37/h7-13,17,21-23,29H,2-6,14H2,1H3,(H,34,35). The Morgan fingerprint density at radius 1 is 1.16 bits per heavy atom. The van der Waals surface area contributed by atoms with Crippen molar-refractivity contribution in [3.63, 3.8) is 0 Å². The van der Waals surface area contributed by atoms with Gasteiger partial charge in [-0.3, -0.25) is 34.7 Å². The first-order valence-corrected chi connectivity index (χ1v) is 13.4. The molecule has 4 unspecified atom stereocenters. The Balaban J connectivity index is 1.63. The number of carbonyl (C=O) groups excluding carboxylic acids is 2. The third-order valence-corrected chi connectivity index (χ3v) is 8.66. The lowest BCUT2D eigenvalue weighted by Gasteiger charge is -2.34. The summed E-state index contributed by atoms with van der Waals surface area (Å²) in [6, 6.07) is 9.85. The number of halogens is 1. The lowest BCUT2D eigenvalue weighted by Crippen LogP contribution is -2.58. The van der Waals surface area contributed by atoms with Crippen molar-refractivity contribution < 1.29 is 29.2 Å². The quantitative estimate of drug-likeness (QED) is 0.282. The molecule has 200 valence electrons. The van der Waals surface area contributed by atoms with E-state index in [-0.39, 0.29) is 24.1 Å². The molecule has 0 radical (unpaired) electrons. The fourth-order valence-corrected chi connectivity index (χ4v) is 6.81. The molecule has 2 N–H and O–H groups in total. The normalized spacial score (nSPS) is 27.4. The summed E-state index contributed by atoms with van der Waals surface area (Å²) in [7, 11) is 1.50. The number of non-ortho nitro benzene ring substituents is 1. The third kappa shape index (κ3) is 4.27. The van der Waals surface area contributed by atoms with Gasteiger partial charge in [0.15, 0.2) is 0 Å². The van der Waals surface area contributed by atoms with E-state index in [0.717, 1.165) is 23.7 Å². The van der Waals surface area contributed by atoms with Crippen molar-refractivity contribution in [1.29, 1.82) is 0 Å². The number of hydrogen-bond acceptors (Lipinski definition) is 7. The van der Waals surface area contributed by atoms with E-state index in [0.29, 0.717) is 29.7 Å². The zero-order valence-corrected chi connectivity index (χ0v) is 22.3. The minimum Gasteiger partial charge on any atom is -0.496 e. The van der Waals surface area contributed by atoms with Crippen molar-refractivity contribution in [3.05, 3.63) is 68.2 Å². The number of fused-ring (bicyclic) bond motifs is 1. The Labute approximate surface area is 227 Å². The largest absolute Gasteiger partial charge is 0.496 e. The second kappa shape index (κ2) is 10.1. The first-order chi connectivity index (χ1) is 18.2. The predicted molar refractivity (Wildman–Crippen MR) is 139 cm³/mol. The number of aliphatic carboxylic acids is 1. The number of rotatable bonds is 7. The second-order valence-corrected chi connectivity index (χ2v) is 11.1. The van der Waals surface area contributed by atoms with Crippen LogP contribution in [-0.2, 0) is 20.8 Å². The summed E-state index contributed by atoms with van der Waals surface area (Å²) in [5.74, 6) is -3.72. The number of ether oxygens (including phenoxy) is 1. The minimum absolute atomic E-state index is 0.122. The SMILES string of the molecule is COc1ccc(Br)cc1C1NC(Cc2ccc([N+](=O)[O-])cc2)(C(=O)O)C2C(=O)N(C3CCCCC3)C(=O)C12. The van der Waals surface area contributed by atoms with Crippen LogP contribution in [0.25, 0.3) is 0 Å². The Bertz CT molecular complexity index is 1290. The molecule has 2 saturated heterocycles. The van der Waals surface area contributed by atoms with Gasteiger partial charge in [-0.2, -0.15) is 0 Å². The summed E-state index contributed by atoms with van der Waals surface area (Å²) in [5.41, 5.74) is -0.852. The van der Waals surface area contributed by atoms with Crippen LogP contribution in [0.3, 0.4) is 0 Å². The van der Waals surface area contributed by atoms with Crippen molar-refractivity contribution in [1.82, 2.24) is 10.2 Å². The zero-order valence-electron chi connectivity index (χ0n) is 20.8. The van der Waals surface area contributed by atoms with Crippen LogP contribution in [0.1, 0.15) is 49.3 Å². The Morgan fingerprint density at radius 2 is 1.84 bits per heavy atom. The highest BCUT2D eigenvalue weighted by Crippen LogP contribution is 2.52. The molecule has 1 saturated carbocycles. The molecular weight excluding hydrogens is 558 g/mol. The number of benzene rings is 2. The summed E-state index contributed by atoms with van der Waals surface area (Å²) in [6.45, 7) is 0. The van der Waals surface area contributed by atoms with E-state index in [4.69, 9.17) is 4.74 Å². The van der Waals surface area contributed by atoms with Gasteiger partial charge in [-0.05, 0) is 36.6 Å². The van der Waals surface area contributed by atoms with Gasteiger partial charge in [-0.25, -0.2) is 0 Å². The first kappa shape index (κ1) is 26.3. The molecule has 0 spiro atoms. The Kier molecular flexibility index (Phi) is 6.99. The van der Waals surface area contributed by atoms with Crippen LogP contribution in [0.4, 0.5) is 5.69 Å².